The van der Waals surface area contributed by atoms with Gasteiger partial charge in [-0.15, -0.1) is 0 Å². The van der Waals surface area contributed by atoms with Gasteiger partial charge in [0.1, 0.15) is 17.7 Å². The summed E-state index contributed by atoms with van der Waals surface area (Å²) in [7, 11) is 0. The first-order valence-corrected chi connectivity index (χ1v) is 5.70. The number of hydrogen-bond donors (Lipinski definition) is 0. The Labute approximate surface area is 104 Å². The van der Waals surface area contributed by atoms with Crippen LogP contribution in [-0.2, 0) is 6.42 Å². The SMILES string of the molecule is N#Cc1cnc2c(c1)CCN2c1ccccc1F. The molecule has 18 heavy (non-hydrogen) atoms. The first kappa shape index (κ1) is 10.7. The fourth-order valence-electron chi connectivity index (χ4n) is 2.23. The van der Waals surface area contributed by atoms with Gasteiger partial charge in [-0.2, -0.15) is 5.26 Å². The van der Waals surface area contributed by atoms with Gasteiger partial charge in [-0.1, -0.05) is 12.1 Å². The van der Waals surface area contributed by atoms with Gasteiger partial charge in [-0.3, -0.25) is 0 Å². The summed E-state index contributed by atoms with van der Waals surface area (Å²) in [5.41, 5.74) is 2.08. The molecule has 0 fully saturated rings. The van der Waals surface area contributed by atoms with Crippen LogP contribution in [0.25, 0.3) is 0 Å². The van der Waals surface area contributed by atoms with Crippen molar-refractivity contribution in [1.82, 2.24) is 4.98 Å². The average Bonchev–Trinajstić information content (AvgIpc) is 2.82. The van der Waals surface area contributed by atoms with Crippen molar-refractivity contribution in [2.45, 2.75) is 6.42 Å². The molecule has 3 rings (SSSR count). The predicted octanol–water partition coefficient (Wildman–Crippen LogP) is 2.79. The number of nitrogens with zero attached hydrogens (tertiary/aromatic N) is 3. The first-order chi connectivity index (χ1) is 8.79. The quantitative estimate of drug-likeness (QED) is 0.768. The molecule has 1 aromatic heterocycles. The maximum atomic E-state index is 13.8. The number of benzene rings is 1. The second kappa shape index (κ2) is 4.11. The number of anilines is 2. The third kappa shape index (κ3) is 1.61. The molecular weight excluding hydrogens is 229 g/mol. The van der Waals surface area contributed by atoms with Crippen LogP contribution in [0.15, 0.2) is 36.5 Å². The van der Waals surface area contributed by atoms with Gasteiger partial charge in [0.2, 0.25) is 0 Å². The molecule has 1 aromatic carbocycles. The van der Waals surface area contributed by atoms with Crippen LogP contribution >= 0.6 is 0 Å². The summed E-state index contributed by atoms with van der Waals surface area (Å²) in [5, 5.41) is 8.83. The Morgan fingerprint density at radius 1 is 1.33 bits per heavy atom. The van der Waals surface area contributed by atoms with E-state index in [0.717, 1.165) is 17.8 Å². The van der Waals surface area contributed by atoms with Crippen molar-refractivity contribution in [1.29, 1.82) is 5.26 Å². The minimum Gasteiger partial charge on any atom is -0.323 e. The van der Waals surface area contributed by atoms with E-state index >= 15 is 0 Å². The normalized spacial score (nSPS) is 13.2. The van der Waals surface area contributed by atoms with E-state index in [2.05, 4.69) is 11.1 Å². The van der Waals surface area contributed by atoms with Crippen molar-refractivity contribution in [3.63, 3.8) is 0 Å². The van der Waals surface area contributed by atoms with Crippen molar-refractivity contribution < 1.29 is 4.39 Å². The molecule has 0 amide bonds. The van der Waals surface area contributed by atoms with Gasteiger partial charge >= 0.3 is 0 Å². The molecule has 1 aliphatic heterocycles. The molecule has 0 bridgehead atoms. The summed E-state index contributed by atoms with van der Waals surface area (Å²) < 4.78 is 13.8. The minimum absolute atomic E-state index is 0.253. The Balaban J connectivity index is 2.06. The Morgan fingerprint density at radius 2 is 2.17 bits per heavy atom. The molecule has 0 saturated carbocycles. The van der Waals surface area contributed by atoms with Gasteiger partial charge in [-0.05, 0) is 30.2 Å². The average molecular weight is 239 g/mol. The van der Waals surface area contributed by atoms with Gasteiger partial charge in [0.25, 0.3) is 0 Å². The molecule has 0 spiro atoms. The molecule has 0 saturated heterocycles. The van der Waals surface area contributed by atoms with Gasteiger partial charge in [0, 0.05) is 12.7 Å². The van der Waals surface area contributed by atoms with Crippen molar-refractivity contribution in [2.75, 3.05) is 11.4 Å². The first-order valence-electron chi connectivity index (χ1n) is 5.70. The highest BCUT2D eigenvalue weighted by Crippen LogP contribution is 2.34. The highest BCUT2D eigenvalue weighted by atomic mass is 19.1. The summed E-state index contributed by atoms with van der Waals surface area (Å²) in [6, 6.07) is 10.5. The maximum Gasteiger partial charge on any atom is 0.146 e. The summed E-state index contributed by atoms with van der Waals surface area (Å²) in [6.07, 6.45) is 2.31. The maximum absolute atomic E-state index is 13.8. The van der Waals surface area contributed by atoms with E-state index in [-0.39, 0.29) is 5.82 Å². The molecule has 0 N–H and O–H groups in total. The van der Waals surface area contributed by atoms with E-state index in [4.69, 9.17) is 5.26 Å². The zero-order valence-electron chi connectivity index (χ0n) is 9.60. The Kier molecular flexibility index (Phi) is 2.45. The van der Waals surface area contributed by atoms with Crippen LogP contribution in [0, 0.1) is 17.1 Å². The van der Waals surface area contributed by atoms with E-state index in [1.807, 2.05) is 11.0 Å². The van der Waals surface area contributed by atoms with Crippen LogP contribution in [0.2, 0.25) is 0 Å². The van der Waals surface area contributed by atoms with Crippen molar-refractivity contribution in [3.05, 3.63) is 53.5 Å². The Hall–Kier alpha value is -2.41. The largest absolute Gasteiger partial charge is 0.323 e. The second-order valence-corrected chi connectivity index (χ2v) is 4.17. The van der Waals surface area contributed by atoms with Crippen molar-refractivity contribution >= 4 is 11.5 Å². The highest BCUT2D eigenvalue weighted by molar-refractivity contribution is 5.67. The van der Waals surface area contributed by atoms with E-state index in [1.165, 1.54) is 12.3 Å². The van der Waals surface area contributed by atoms with Gasteiger partial charge in [0.15, 0.2) is 0 Å². The molecule has 2 heterocycles. The Morgan fingerprint density at radius 3 is 2.94 bits per heavy atom. The smallest absolute Gasteiger partial charge is 0.146 e. The number of halogens is 1. The van der Waals surface area contributed by atoms with Crippen molar-refractivity contribution in [3.8, 4) is 6.07 Å². The van der Waals surface area contributed by atoms with E-state index in [9.17, 15) is 4.39 Å². The topological polar surface area (TPSA) is 39.9 Å². The zero-order valence-corrected chi connectivity index (χ0v) is 9.60. The monoisotopic (exact) mass is 239 g/mol. The van der Waals surface area contributed by atoms with Gasteiger partial charge in [0.05, 0.1) is 11.3 Å². The summed E-state index contributed by atoms with van der Waals surface area (Å²) in [4.78, 5) is 6.12. The van der Waals surface area contributed by atoms with Crippen LogP contribution in [0.5, 0.6) is 0 Å². The van der Waals surface area contributed by atoms with Crippen LogP contribution in [-0.4, -0.2) is 11.5 Å². The van der Waals surface area contributed by atoms with Crippen LogP contribution in [0.4, 0.5) is 15.9 Å². The third-order valence-corrected chi connectivity index (χ3v) is 3.08. The van der Waals surface area contributed by atoms with Crippen molar-refractivity contribution in [2.24, 2.45) is 0 Å². The lowest BCUT2D eigenvalue weighted by molar-refractivity contribution is 0.625. The fraction of sp³-hybridized carbons (Fsp3) is 0.143. The minimum atomic E-state index is -0.253. The molecule has 0 unspecified atom stereocenters. The molecule has 88 valence electrons. The van der Waals surface area contributed by atoms with Gasteiger partial charge < -0.3 is 4.90 Å². The lowest BCUT2D eigenvalue weighted by Crippen LogP contribution is -2.15. The number of rotatable bonds is 1. The molecule has 0 radical (unpaired) electrons. The lowest BCUT2D eigenvalue weighted by Gasteiger charge is -2.18. The zero-order chi connectivity index (χ0) is 12.5. The van der Waals surface area contributed by atoms with E-state index in [1.54, 1.807) is 18.2 Å². The van der Waals surface area contributed by atoms with E-state index in [0.29, 0.717) is 17.8 Å². The second-order valence-electron chi connectivity index (χ2n) is 4.17. The molecule has 4 heteroatoms. The number of aromatic nitrogens is 1. The number of para-hydroxylation sites is 1. The number of hydrogen-bond acceptors (Lipinski definition) is 3. The number of fused-ring (bicyclic) bond motifs is 1. The fourth-order valence-corrected chi connectivity index (χ4v) is 2.23. The van der Waals surface area contributed by atoms with Crippen LogP contribution in [0.1, 0.15) is 11.1 Å². The summed E-state index contributed by atoms with van der Waals surface area (Å²) in [5.74, 6) is 0.496. The van der Waals surface area contributed by atoms with Gasteiger partial charge in [-0.25, -0.2) is 9.37 Å². The standard InChI is InChI=1S/C14H10FN3/c15-12-3-1-2-4-13(12)18-6-5-11-7-10(8-16)9-17-14(11)18/h1-4,7,9H,5-6H2. The molecule has 1 aliphatic rings. The third-order valence-electron chi connectivity index (χ3n) is 3.08. The van der Waals surface area contributed by atoms with Crippen LogP contribution < -0.4 is 4.90 Å². The Bertz CT molecular complexity index is 646. The molecule has 2 aromatic rings. The molecule has 3 nitrogen and oxygen atoms in total. The van der Waals surface area contributed by atoms with Crippen LogP contribution in [0.3, 0.4) is 0 Å². The summed E-state index contributed by atoms with van der Waals surface area (Å²) in [6.45, 7) is 0.693. The summed E-state index contributed by atoms with van der Waals surface area (Å²) >= 11 is 0. The molecule has 0 aliphatic carbocycles. The highest BCUT2D eigenvalue weighted by Gasteiger charge is 2.24. The number of pyridine rings is 1. The number of nitriles is 1. The predicted molar refractivity (Wildman–Crippen MR) is 66.1 cm³/mol. The molecule has 0 atom stereocenters. The lowest BCUT2D eigenvalue weighted by atomic mass is 10.2. The van der Waals surface area contributed by atoms with E-state index < -0.39 is 0 Å². The molecular formula is C14H10FN3.